The summed E-state index contributed by atoms with van der Waals surface area (Å²) in [6.07, 6.45) is 17.0. The molecule has 138 valence electrons. The number of hydrogen-bond donors (Lipinski definition) is 0. The van der Waals surface area contributed by atoms with Crippen LogP contribution in [-0.4, -0.2) is 48.6 Å². The summed E-state index contributed by atoms with van der Waals surface area (Å²) in [5.74, 6) is 0. The lowest BCUT2D eigenvalue weighted by atomic mass is 9.85. The Balaban J connectivity index is 2.41. The molecule has 0 aliphatic carbocycles. The first kappa shape index (κ1) is 21.0. The molecule has 0 atom stereocenters. The Labute approximate surface area is 147 Å². The summed E-state index contributed by atoms with van der Waals surface area (Å²) in [6.45, 7) is 12.2. The highest BCUT2D eigenvalue weighted by molar-refractivity contribution is 4.89. The summed E-state index contributed by atoms with van der Waals surface area (Å²) < 4.78 is 0. The Kier molecular flexibility index (Phi) is 11.2. The van der Waals surface area contributed by atoms with Crippen molar-refractivity contribution in [3.63, 3.8) is 0 Å². The maximum atomic E-state index is 2.83. The second-order valence-electron chi connectivity index (χ2n) is 8.12. The highest BCUT2D eigenvalue weighted by atomic mass is 15.3. The lowest BCUT2D eigenvalue weighted by Crippen LogP contribution is -2.55. The van der Waals surface area contributed by atoms with E-state index in [9.17, 15) is 0 Å². The smallest absolute Gasteiger partial charge is 0.0182 e. The van der Waals surface area contributed by atoms with Crippen LogP contribution in [0.25, 0.3) is 0 Å². The monoisotopic (exact) mass is 324 g/mol. The predicted molar refractivity (Wildman–Crippen MR) is 104 cm³/mol. The zero-order chi connectivity index (χ0) is 17.0. The van der Waals surface area contributed by atoms with Gasteiger partial charge in [0.15, 0.2) is 0 Å². The molecule has 0 aromatic heterocycles. The van der Waals surface area contributed by atoms with Crippen molar-refractivity contribution < 1.29 is 0 Å². The molecule has 0 saturated carbocycles. The molecule has 0 spiro atoms. The third-order valence-corrected chi connectivity index (χ3v) is 5.90. The minimum atomic E-state index is 0.458. The average molecular weight is 325 g/mol. The van der Waals surface area contributed by atoms with Crippen molar-refractivity contribution in [2.75, 3.05) is 33.2 Å². The second kappa shape index (κ2) is 12.3. The van der Waals surface area contributed by atoms with Crippen LogP contribution in [0.3, 0.4) is 0 Å². The van der Waals surface area contributed by atoms with Gasteiger partial charge in [0.2, 0.25) is 0 Å². The Morgan fingerprint density at radius 1 is 0.652 bits per heavy atom. The van der Waals surface area contributed by atoms with Crippen LogP contribution < -0.4 is 0 Å². The van der Waals surface area contributed by atoms with Crippen molar-refractivity contribution in [1.29, 1.82) is 0 Å². The lowest BCUT2D eigenvalue weighted by molar-refractivity contribution is 0.0356. The minimum absolute atomic E-state index is 0.458. The van der Waals surface area contributed by atoms with E-state index in [1.54, 1.807) is 0 Å². The van der Waals surface area contributed by atoms with Gasteiger partial charge in [-0.2, -0.15) is 0 Å². The van der Waals surface area contributed by atoms with Crippen LogP contribution in [0.4, 0.5) is 0 Å². The Hall–Kier alpha value is -0.0800. The molecule has 1 aliphatic heterocycles. The van der Waals surface area contributed by atoms with Crippen molar-refractivity contribution in [2.24, 2.45) is 0 Å². The quantitative estimate of drug-likeness (QED) is 0.400. The fraction of sp³-hybridized carbons (Fsp3) is 1.00. The third kappa shape index (κ3) is 8.54. The average Bonchev–Trinajstić information content (AvgIpc) is 2.55. The molecular formula is C21H44N2. The van der Waals surface area contributed by atoms with Crippen molar-refractivity contribution >= 4 is 0 Å². The zero-order valence-electron chi connectivity index (χ0n) is 16.7. The van der Waals surface area contributed by atoms with Crippen LogP contribution in [0, 0.1) is 0 Å². The van der Waals surface area contributed by atoms with E-state index in [0.717, 1.165) is 0 Å². The predicted octanol–water partition coefficient (Wildman–Crippen LogP) is 5.71. The standard InChI is InChI=1S/C21H44N2/c1-5-7-9-11-13-15-21(3,16-14-12-10-8-6-2)23-19-17-22(4)18-20-23/h5-20H2,1-4H3. The Bertz CT molecular complexity index is 255. The second-order valence-corrected chi connectivity index (χ2v) is 8.12. The molecule has 0 bridgehead atoms. The number of likely N-dealkylation sites (N-methyl/N-ethyl adjacent to an activating group) is 1. The van der Waals surface area contributed by atoms with Crippen molar-refractivity contribution in [2.45, 2.75) is 103 Å². The SMILES string of the molecule is CCCCCCCC(C)(CCCCCCC)N1CCN(C)CC1. The van der Waals surface area contributed by atoms with E-state index >= 15 is 0 Å². The normalized spacial score (nSPS) is 17.7. The van der Waals surface area contributed by atoms with Crippen molar-refractivity contribution in [1.82, 2.24) is 9.80 Å². The van der Waals surface area contributed by atoms with Gasteiger partial charge in [0.05, 0.1) is 0 Å². The van der Waals surface area contributed by atoms with Crippen LogP contribution >= 0.6 is 0 Å². The first-order valence-corrected chi connectivity index (χ1v) is 10.6. The molecule has 1 rings (SSSR count). The van der Waals surface area contributed by atoms with Crippen LogP contribution in [0.5, 0.6) is 0 Å². The summed E-state index contributed by atoms with van der Waals surface area (Å²) in [6, 6.07) is 0. The molecule has 2 nitrogen and oxygen atoms in total. The van der Waals surface area contributed by atoms with E-state index in [2.05, 4.69) is 37.6 Å². The Morgan fingerprint density at radius 2 is 1.09 bits per heavy atom. The van der Waals surface area contributed by atoms with E-state index in [1.165, 1.54) is 103 Å². The van der Waals surface area contributed by atoms with E-state index in [4.69, 9.17) is 0 Å². The van der Waals surface area contributed by atoms with Gasteiger partial charge in [-0.3, -0.25) is 4.90 Å². The van der Waals surface area contributed by atoms with Crippen LogP contribution in [0.1, 0.15) is 97.8 Å². The molecule has 23 heavy (non-hydrogen) atoms. The topological polar surface area (TPSA) is 6.48 Å². The van der Waals surface area contributed by atoms with Crippen LogP contribution in [0.2, 0.25) is 0 Å². The molecule has 0 aromatic carbocycles. The van der Waals surface area contributed by atoms with Crippen molar-refractivity contribution in [3.05, 3.63) is 0 Å². The maximum absolute atomic E-state index is 2.83. The van der Waals surface area contributed by atoms with Crippen LogP contribution in [0.15, 0.2) is 0 Å². The largest absolute Gasteiger partial charge is 0.304 e. The number of rotatable bonds is 13. The Morgan fingerprint density at radius 3 is 1.52 bits per heavy atom. The van der Waals surface area contributed by atoms with Gasteiger partial charge in [0.1, 0.15) is 0 Å². The molecule has 2 heteroatoms. The highest BCUT2D eigenvalue weighted by Gasteiger charge is 2.32. The number of hydrogen-bond acceptors (Lipinski definition) is 2. The molecule has 1 aliphatic rings. The molecular weight excluding hydrogens is 280 g/mol. The summed E-state index contributed by atoms with van der Waals surface area (Å²) >= 11 is 0. The molecule has 0 amide bonds. The fourth-order valence-electron chi connectivity index (χ4n) is 4.01. The summed E-state index contributed by atoms with van der Waals surface area (Å²) in [5.41, 5.74) is 0.458. The third-order valence-electron chi connectivity index (χ3n) is 5.90. The molecule has 0 aromatic rings. The van der Waals surface area contributed by atoms with Crippen LogP contribution in [-0.2, 0) is 0 Å². The summed E-state index contributed by atoms with van der Waals surface area (Å²) in [5, 5.41) is 0. The van der Waals surface area contributed by atoms with Gasteiger partial charge in [-0.1, -0.05) is 78.1 Å². The molecule has 1 saturated heterocycles. The zero-order valence-corrected chi connectivity index (χ0v) is 16.7. The maximum Gasteiger partial charge on any atom is 0.0182 e. The number of piperazine rings is 1. The summed E-state index contributed by atoms with van der Waals surface area (Å²) in [7, 11) is 2.27. The molecule has 0 unspecified atom stereocenters. The van der Waals surface area contributed by atoms with Gasteiger partial charge < -0.3 is 4.90 Å². The van der Waals surface area contributed by atoms with Gasteiger partial charge in [-0.05, 0) is 26.8 Å². The van der Waals surface area contributed by atoms with E-state index < -0.39 is 0 Å². The van der Waals surface area contributed by atoms with Gasteiger partial charge in [0, 0.05) is 31.7 Å². The molecule has 0 N–H and O–H groups in total. The summed E-state index contributed by atoms with van der Waals surface area (Å²) in [4.78, 5) is 5.31. The van der Waals surface area contributed by atoms with E-state index in [0.29, 0.717) is 5.54 Å². The fourth-order valence-corrected chi connectivity index (χ4v) is 4.01. The lowest BCUT2D eigenvalue weighted by Gasteiger charge is -2.46. The van der Waals surface area contributed by atoms with Gasteiger partial charge in [0.25, 0.3) is 0 Å². The highest BCUT2D eigenvalue weighted by Crippen LogP contribution is 2.30. The van der Waals surface area contributed by atoms with E-state index in [1.807, 2.05) is 0 Å². The van der Waals surface area contributed by atoms with Gasteiger partial charge in [-0.25, -0.2) is 0 Å². The number of unbranched alkanes of at least 4 members (excludes halogenated alkanes) is 8. The van der Waals surface area contributed by atoms with E-state index in [-0.39, 0.29) is 0 Å². The van der Waals surface area contributed by atoms with Crippen molar-refractivity contribution in [3.8, 4) is 0 Å². The number of nitrogens with zero attached hydrogens (tertiary/aromatic N) is 2. The van der Waals surface area contributed by atoms with Gasteiger partial charge in [-0.15, -0.1) is 0 Å². The first-order valence-electron chi connectivity index (χ1n) is 10.6. The molecule has 1 heterocycles. The minimum Gasteiger partial charge on any atom is -0.304 e. The molecule has 1 fully saturated rings. The molecule has 0 radical (unpaired) electrons. The first-order chi connectivity index (χ1) is 11.1. The van der Waals surface area contributed by atoms with Gasteiger partial charge >= 0.3 is 0 Å².